The summed E-state index contributed by atoms with van der Waals surface area (Å²) in [5, 5.41) is 0. The number of rotatable bonds is 3. The van der Waals surface area contributed by atoms with Crippen molar-refractivity contribution >= 4 is 6.21 Å². The Morgan fingerprint density at radius 2 is 1.79 bits per heavy atom. The summed E-state index contributed by atoms with van der Waals surface area (Å²) in [5.41, 5.74) is 2.14. The Labute approximate surface area is 113 Å². The van der Waals surface area contributed by atoms with Gasteiger partial charge in [0.1, 0.15) is 5.75 Å². The predicted molar refractivity (Wildman–Crippen MR) is 78.5 cm³/mol. The summed E-state index contributed by atoms with van der Waals surface area (Å²) < 4.78 is 5.10. The van der Waals surface area contributed by atoms with Gasteiger partial charge in [0.2, 0.25) is 0 Å². The highest BCUT2D eigenvalue weighted by Crippen LogP contribution is 2.11. The minimum atomic E-state index is 0.632. The zero-order chi connectivity index (χ0) is 13.3. The molecule has 0 aliphatic heterocycles. The molecule has 94 valence electrons. The quantitative estimate of drug-likeness (QED) is 0.604. The number of methoxy groups -OCH3 is 1. The van der Waals surface area contributed by atoms with E-state index in [1.165, 1.54) is 0 Å². The van der Waals surface area contributed by atoms with Gasteiger partial charge in [0, 0.05) is 5.56 Å². The number of nitrogens with zero attached hydrogens (tertiary/aromatic N) is 1. The van der Waals surface area contributed by atoms with E-state index in [0.717, 1.165) is 16.9 Å². The Morgan fingerprint density at radius 1 is 1.05 bits per heavy atom. The molecule has 19 heavy (non-hydrogen) atoms. The molecule has 0 amide bonds. The van der Waals surface area contributed by atoms with Crippen LogP contribution < -0.4 is 4.74 Å². The van der Waals surface area contributed by atoms with Crippen molar-refractivity contribution < 1.29 is 4.74 Å². The summed E-state index contributed by atoms with van der Waals surface area (Å²) in [6.07, 6.45) is 1.65. The van der Waals surface area contributed by atoms with Gasteiger partial charge in [-0.1, -0.05) is 36.3 Å². The highest BCUT2D eigenvalue weighted by Gasteiger charge is 1.91. The first-order chi connectivity index (χ1) is 9.38. The zero-order valence-electron chi connectivity index (χ0n) is 10.8. The molecular weight excluding hydrogens is 234 g/mol. The summed E-state index contributed by atoms with van der Waals surface area (Å²) in [6.45, 7) is 0.632. The van der Waals surface area contributed by atoms with Gasteiger partial charge in [-0.05, 0) is 35.7 Å². The first-order valence-corrected chi connectivity index (χ1v) is 6.06. The van der Waals surface area contributed by atoms with E-state index in [4.69, 9.17) is 4.74 Å². The van der Waals surface area contributed by atoms with E-state index in [2.05, 4.69) is 16.8 Å². The van der Waals surface area contributed by atoms with Crippen LogP contribution >= 0.6 is 0 Å². The third-order valence-corrected chi connectivity index (χ3v) is 2.58. The first-order valence-electron chi connectivity index (χ1n) is 6.06. The van der Waals surface area contributed by atoms with Crippen molar-refractivity contribution in [3.63, 3.8) is 0 Å². The maximum atomic E-state index is 5.10. The molecule has 0 radical (unpaired) electrons. The minimum Gasteiger partial charge on any atom is -0.497 e. The molecular formula is C17H15NO. The lowest BCUT2D eigenvalue weighted by molar-refractivity contribution is 0.414. The Morgan fingerprint density at radius 3 is 2.47 bits per heavy atom. The van der Waals surface area contributed by atoms with Crippen LogP contribution in [0.2, 0.25) is 0 Å². The molecule has 0 aliphatic carbocycles. The molecule has 0 atom stereocenters. The van der Waals surface area contributed by atoms with Gasteiger partial charge in [0.05, 0.1) is 19.9 Å². The van der Waals surface area contributed by atoms with E-state index in [-0.39, 0.29) is 0 Å². The van der Waals surface area contributed by atoms with Gasteiger partial charge in [-0.2, -0.15) is 0 Å². The molecule has 2 rings (SSSR count). The third-order valence-electron chi connectivity index (χ3n) is 2.58. The molecule has 0 fully saturated rings. The number of benzene rings is 2. The Bertz CT molecular complexity index is 589. The fraction of sp³-hybridized carbons (Fsp3) is 0.118. The van der Waals surface area contributed by atoms with Crippen molar-refractivity contribution in [3.05, 3.63) is 65.7 Å². The molecule has 0 spiro atoms. The Kier molecular flexibility index (Phi) is 4.78. The van der Waals surface area contributed by atoms with Gasteiger partial charge in [-0.3, -0.25) is 4.99 Å². The van der Waals surface area contributed by atoms with Crippen LogP contribution in [0.25, 0.3) is 0 Å². The van der Waals surface area contributed by atoms with E-state index in [1.54, 1.807) is 13.3 Å². The number of aliphatic imine (C=N–C) groups is 1. The van der Waals surface area contributed by atoms with Crippen molar-refractivity contribution in [2.45, 2.75) is 6.54 Å². The molecule has 0 N–H and O–H groups in total. The van der Waals surface area contributed by atoms with E-state index < -0.39 is 0 Å². The SMILES string of the molecule is COc1ccc(CN=CC#Cc2ccccc2)cc1. The second-order valence-corrected chi connectivity index (χ2v) is 3.95. The van der Waals surface area contributed by atoms with Crippen LogP contribution in [-0.2, 0) is 6.54 Å². The fourth-order valence-electron chi connectivity index (χ4n) is 1.56. The van der Waals surface area contributed by atoms with Gasteiger partial charge in [0.25, 0.3) is 0 Å². The second-order valence-electron chi connectivity index (χ2n) is 3.95. The van der Waals surface area contributed by atoms with Crippen LogP contribution in [0.3, 0.4) is 0 Å². The van der Waals surface area contributed by atoms with Crippen molar-refractivity contribution in [1.82, 2.24) is 0 Å². The van der Waals surface area contributed by atoms with Gasteiger partial charge >= 0.3 is 0 Å². The molecule has 0 saturated heterocycles. The fourth-order valence-corrected chi connectivity index (χ4v) is 1.56. The summed E-state index contributed by atoms with van der Waals surface area (Å²) in [5.74, 6) is 6.82. The van der Waals surface area contributed by atoms with E-state index in [1.807, 2.05) is 54.6 Å². The Hall–Kier alpha value is -2.53. The topological polar surface area (TPSA) is 21.6 Å². The molecule has 0 saturated carbocycles. The highest BCUT2D eigenvalue weighted by atomic mass is 16.5. The summed E-state index contributed by atoms with van der Waals surface area (Å²) in [6, 6.07) is 17.7. The molecule has 2 heteroatoms. The van der Waals surface area contributed by atoms with Crippen molar-refractivity contribution in [3.8, 4) is 17.6 Å². The molecule has 2 aromatic rings. The Balaban J connectivity index is 1.88. The van der Waals surface area contributed by atoms with Crippen LogP contribution in [0.15, 0.2) is 59.6 Å². The largest absolute Gasteiger partial charge is 0.497 e. The molecule has 0 heterocycles. The van der Waals surface area contributed by atoms with Gasteiger partial charge in [0.15, 0.2) is 0 Å². The van der Waals surface area contributed by atoms with Crippen LogP contribution in [0.4, 0.5) is 0 Å². The lowest BCUT2D eigenvalue weighted by Crippen LogP contribution is -1.84. The molecule has 0 aromatic heterocycles. The number of hydrogen-bond acceptors (Lipinski definition) is 2. The summed E-state index contributed by atoms with van der Waals surface area (Å²) in [7, 11) is 1.66. The molecule has 0 unspecified atom stereocenters. The maximum Gasteiger partial charge on any atom is 0.118 e. The van der Waals surface area contributed by atoms with E-state index in [9.17, 15) is 0 Å². The van der Waals surface area contributed by atoms with Crippen molar-refractivity contribution in [2.75, 3.05) is 7.11 Å². The molecule has 2 nitrogen and oxygen atoms in total. The average Bonchev–Trinajstić information content (AvgIpc) is 2.49. The molecule has 0 aliphatic rings. The third kappa shape index (κ3) is 4.33. The number of hydrogen-bond donors (Lipinski definition) is 0. The maximum absolute atomic E-state index is 5.10. The highest BCUT2D eigenvalue weighted by molar-refractivity contribution is 5.79. The summed E-state index contributed by atoms with van der Waals surface area (Å²) in [4.78, 5) is 4.27. The van der Waals surface area contributed by atoms with Gasteiger partial charge in [-0.15, -0.1) is 0 Å². The predicted octanol–water partition coefficient (Wildman–Crippen LogP) is 3.32. The average molecular weight is 249 g/mol. The van der Waals surface area contributed by atoms with Crippen LogP contribution in [-0.4, -0.2) is 13.3 Å². The van der Waals surface area contributed by atoms with Crippen LogP contribution in [0, 0.1) is 11.8 Å². The molecule has 2 aromatic carbocycles. The van der Waals surface area contributed by atoms with Gasteiger partial charge < -0.3 is 4.74 Å². The lowest BCUT2D eigenvalue weighted by Gasteiger charge is -1.99. The second kappa shape index (κ2) is 7.03. The molecule has 0 bridgehead atoms. The zero-order valence-corrected chi connectivity index (χ0v) is 10.8. The summed E-state index contributed by atoms with van der Waals surface area (Å²) >= 11 is 0. The van der Waals surface area contributed by atoms with Crippen LogP contribution in [0.1, 0.15) is 11.1 Å². The normalized spacial score (nSPS) is 9.95. The van der Waals surface area contributed by atoms with E-state index in [0.29, 0.717) is 6.54 Å². The smallest absolute Gasteiger partial charge is 0.118 e. The van der Waals surface area contributed by atoms with Crippen molar-refractivity contribution in [1.29, 1.82) is 0 Å². The van der Waals surface area contributed by atoms with Gasteiger partial charge in [-0.25, -0.2) is 0 Å². The van der Waals surface area contributed by atoms with Crippen LogP contribution in [0.5, 0.6) is 5.75 Å². The first kappa shape index (κ1) is 12.9. The van der Waals surface area contributed by atoms with E-state index >= 15 is 0 Å². The number of ether oxygens (including phenoxy) is 1. The minimum absolute atomic E-state index is 0.632. The lowest BCUT2D eigenvalue weighted by atomic mass is 10.2. The van der Waals surface area contributed by atoms with Crippen molar-refractivity contribution in [2.24, 2.45) is 4.99 Å². The monoisotopic (exact) mass is 249 g/mol. The standard InChI is InChI=1S/C17H15NO/c1-19-17-11-9-16(10-12-17)14-18-13-5-8-15-6-3-2-4-7-15/h2-4,6-7,9-13H,14H2,1H3.